The Bertz CT molecular complexity index is 708. The Labute approximate surface area is 175 Å². The van der Waals surface area contributed by atoms with Crippen molar-refractivity contribution in [1.82, 2.24) is 10.2 Å². The molecule has 5 aliphatic rings. The molecule has 2 heterocycles. The monoisotopic (exact) mass is 425 g/mol. The lowest BCUT2D eigenvalue weighted by molar-refractivity contribution is -0.203. The molecule has 0 radical (unpaired) electrons. The molecule has 3 saturated carbocycles. The first-order valence-electron chi connectivity index (χ1n) is 10.9. The number of hydrogen-bond donors (Lipinski definition) is 1. The third kappa shape index (κ3) is 4.17. The van der Waals surface area contributed by atoms with Crippen LogP contribution in [0.5, 0.6) is 0 Å². The Morgan fingerprint density at radius 1 is 1.17 bits per heavy atom. The highest BCUT2D eigenvalue weighted by molar-refractivity contribution is 5.80. The molecule has 2 bridgehead atoms. The summed E-state index contributed by atoms with van der Waals surface area (Å²) in [4.78, 5) is 26.3. The van der Waals surface area contributed by atoms with Gasteiger partial charge in [0, 0.05) is 18.4 Å². The average Bonchev–Trinajstić information content (AvgIpc) is 3.09. The summed E-state index contributed by atoms with van der Waals surface area (Å²) in [6, 6.07) is 0.731. The maximum Gasteiger partial charge on any atom is 0.314 e. The molecule has 0 aromatic carbocycles. The number of rotatable bonds is 5. The van der Waals surface area contributed by atoms with Gasteiger partial charge in [-0.05, 0) is 51.4 Å². The van der Waals surface area contributed by atoms with Crippen molar-refractivity contribution in [2.45, 2.75) is 88.0 Å². The predicted octanol–water partition coefficient (Wildman–Crippen LogP) is 2.50. The highest BCUT2D eigenvalue weighted by Gasteiger charge is 2.54. The molecule has 2 saturated heterocycles. The lowest BCUT2D eigenvalue weighted by Crippen LogP contribution is -2.59. The van der Waals surface area contributed by atoms with Gasteiger partial charge in [0.15, 0.2) is 0 Å². The van der Waals surface area contributed by atoms with E-state index in [1.54, 1.807) is 6.07 Å². The van der Waals surface area contributed by atoms with Crippen LogP contribution < -0.4 is 5.32 Å². The SMILES string of the molecule is N#C[C@@H]1CC(F)(F)CN1C(=O)CNC12CCC(C(=O)OC3CCCCO3)(CC1)CC2. The van der Waals surface area contributed by atoms with Crippen molar-refractivity contribution >= 4 is 11.9 Å². The summed E-state index contributed by atoms with van der Waals surface area (Å²) in [6.45, 7) is -0.139. The quantitative estimate of drug-likeness (QED) is 0.681. The van der Waals surface area contributed by atoms with Gasteiger partial charge < -0.3 is 19.7 Å². The molecule has 30 heavy (non-hydrogen) atoms. The van der Waals surface area contributed by atoms with Crippen LogP contribution in [0.3, 0.4) is 0 Å². The van der Waals surface area contributed by atoms with E-state index in [1.807, 2.05) is 0 Å². The van der Waals surface area contributed by atoms with Crippen LogP contribution in [0.2, 0.25) is 0 Å². The number of nitrogens with one attached hydrogen (secondary N) is 1. The van der Waals surface area contributed by atoms with E-state index < -0.39 is 42.5 Å². The van der Waals surface area contributed by atoms with Crippen LogP contribution in [-0.4, -0.2) is 60.3 Å². The third-order valence-corrected chi connectivity index (χ3v) is 7.41. The van der Waals surface area contributed by atoms with Crippen LogP contribution in [0, 0.1) is 16.7 Å². The van der Waals surface area contributed by atoms with Gasteiger partial charge in [0.05, 0.1) is 31.2 Å². The van der Waals surface area contributed by atoms with Crippen LogP contribution >= 0.6 is 0 Å². The van der Waals surface area contributed by atoms with E-state index in [-0.39, 0.29) is 18.1 Å². The molecule has 3 aliphatic carbocycles. The number of esters is 1. The van der Waals surface area contributed by atoms with Gasteiger partial charge in [-0.15, -0.1) is 0 Å². The molecular formula is C21H29F2N3O4. The van der Waals surface area contributed by atoms with E-state index in [2.05, 4.69) is 5.32 Å². The first-order chi connectivity index (χ1) is 14.3. The van der Waals surface area contributed by atoms with Crippen molar-refractivity contribution in [3.8, 4) is 6.07 Å². The highest BCUT2D eigenvalue weighted by Crippen LogP contribution is 2.53. The molecule has 9 heteroatoms. The zero-order valence-electron chi connectivity index (χ0n) is 17.1. The largest absolute Gasteiger partial charge is 0.435 e. The second-order valence-corrected chi connectivity index (χ2v) is 9.34. The van der Waals surface area contributed by atoms with Gasteiger partial charge in [0.2, 0.25) is 12.2 Å². The number of nitrogens with zero attached hydrogens (tertiary/aromatic N) is 2. The van der Waals surface area contributed by atoms with E-state index in [0.29, 0.717) is 25.9 Å². The smallest absolute Gasteiger partial charge is 0.314 e. The van der Waals surface area contributed by atoms with E-state index in [9.17, 15) is 18.4 Å². The zero-order valence-corrected chi connectivity index (χ0v) is 17.1. The average molecular weight is 425 g/mol. The number of alkyl halides is 2. The van der Waals surface area contributed by atoms with Crippen molar-refractivity contribution < 1.29 is 27.8 Å². The van der Waals surface area contributed by atoms with Crippen molar-refractivity contribution in [3.05, 3.63) is 0 Å². The van der Waals surface area contributed by atoms with Crippen LogP contribution in [-0.2, 0) is 19.1 Å². The molecule has 2 aliphatic heterocycles. The zero-order chi connectivity index (χ0) is 21.4. The fourth-order valence-electron chi connectivity index (χ4n) is 5.36. The summed E-state index contributed by atoms with van der Waals surface area (Å²) in [5.74, 6) is -3.65. The number of carbonyl (C=O) groups excluding carboxylic acids is 2. The van der Waals surface area contributed by atoms with Gasteiger partial charge in [-0.25, -0.2) is 8.78 Å². The number of ether oxygens (including phenoxy) is 2. The molecule has 0 aromatic heterocycles. The second-order valence-electron chi connectivity index (χ2n) is 9.34. The minimum atomic E-state index is -3.01. The lowest BCUT2D eigenvalue weighted by Gasteiger charge is -2.52. The number of amides is 1. The summed E-state index contributed by atoms with van der Waals surface area (Å²) in [6.07, 6.45) is 5.96. The van der Waals surface area contributed by atoms with Gasteiger partial charge in [-0.1, -0.05) is 0 Å². The maximum absolute atomic E-state index is 13.6. The standard InChI is InChI=1S/C21H29F2N3O4/c22-21(23)11-15(12-24)26(14-21)16(27)13-25-20-7-4-19(5-8-20,6-9-20)18(28)30-17-3-1-2-10-29-17/h15,17,25H,1-11,13-14H2/t15-,17?,19?,20?/m0/s1. The minimum absolute atomic E-state index is 0.0678. The summed E-state index contributed by atoms with van der Waals surface area (Å²) in [7, 11) is 0. The van der Waals surface area contributed by atoms with E-state index >= 15 is 0 Å². The molecule has 1 amide bonds. The maximum atomic E-state index is 13.6. The molecule has 0 spiro atoms. The van der Waals surface area contributed by atoms with Crippen molar-refractivity contribution in [1.29, 1.82) is 5.26 Å². The van der Waals surface area contributed by atoms with E-state index in [4.69, 9.17) is 14.7 Å². The molecule has 7 nitrogen and oxygen atoms in total. The van der Waals surface area contributed by atoms with Crippen LogP contribution in [0.15, 0.2) is 0 Å². The topological polar surface area (TPSA) is 91.7 Å². The normalized spacial score (nSPS) is 37.6. The van der Waals surface area contributed by atoms with Crippen molar-refractivity contribution in [2.75, 3.05) is 19.7 Å². The molecule has 0 aromatic rings. The van der Waals surface area contributed by atoms with Gasteiger partial charge >= 0.3 is 5.97 Å². The number of likely N-dealkylation sites (tertiary alicyclic amines) is 1. The Hall–Kier alpha value is -1.79. The predicted molar refractivity (Wildman–Crippen MR) is 101 cm³/mol. The third-order valence-electron chi connectivity index (χ3n) is 7.41. The number of halogens is 2. The summed E-state index contributed by atoms with van der Waals surface area (Å²) >= 11 is 0. The fourth-order valence-corrected chi connectivity index (χ4v) is 5.36. The van der Waals surface area contributed by atoms with E-state index in [1.165, 1.54) is 0 Å². The number of nitriles is 1. The van der Waals surface area contributed by atoms with Crippen molar-refractivity contribution in [3.63, 3.8) is 0 Å². The fraction of sp³-hybridized carbons (Fsp3) is 0.857. The molecule has 2 atom stereocenters. The van der Waals surface area contributed by atoms with Gasteiger partial charge in [-0.2, -0.15) is 5.26 Å². The molecule has 5 fully saturated rings. The summed E-state index contributed by atoms with van der Waals surface area (Å²) in [5, 5.41) is 12.4. The molecule has 1 unspecified atom stereocenters. The van der Waals surface area contributed by atoms with Crippen LogP contribution in [0.4, 0.5) is 8.78 Å². The highest BCUT2D eigenvalue weighted by atomic mass is 19.3. The number of carbonyl (C=O) groups is 2. The molecule has 166 valence electrons. The second kappa shape index (κ2) is 8.04. The van der Waals surface area contributed by atoms with Gasteiger partial charge in [0.1, 0.15) is 6.04 Å². The Morgan fingerprint density at radius 2 is 1.87 bits per heavy atom. The number of hydrogen-bond acceptors (Lipinski definition) is 6. The lowest BCUT2D eigenvalue weighted by atomic mass is 9.57. The van der Waals surface area contributed by atoms with Crippen molar-refractivity contribution in [2.24, 2.45) is 5.41 Å². The van der Waals surface area contributed by atoms with Crippen LogP contribution in [0.1, 0.15) is 64.2 Å². The minimum Gasteiger partial charge on any atom is -0.435 e. The van der Waals surface area contributed by atoms with E-state index in [0.717, 1.165) is 43.4 Å². The molecular weight excluding hydrogens is 396 g/mol. The molecule has 1 N–H and O–H groups in total. The Balaban J connectivity index is 1.29. The van der Waals surface area contributed by atoms with Gasteiger partial charge in [-0.3, -0.25) is 9.59 Å². The summed E-state index contributed by atoms with van der Waals surface area (Å²) in [5.41, 5.74) is -0.736. The van der Waals surface area contributed by atoms with Gasteiger partial charge in [0.25, 0.3) is 5.92 Å². The Kier molecular flexibility index (Phi) is 5.75. The summed E-state index contributed by atoms with van der Waals surface area (Å²) < 4.78 is 38.4. The molecule has 5 rings (SSSR count). The number of fused-ring (bicyclic) bond motifs is 3. The Morgan fingerprint density at radius 3 is 2.47 bits per heavy atom. The first-order valence-corrected chi connectivity index (χ1v) is 10.9. The van der Waals surface area contributed by atoms with Crippen LogP contribution in [0.25, 0.3) is 0 Å². The first kappa shape index (κ1) is 21.4.